The van der Waals surface area contributed by atoms with Gasteiger partial charge < -0.3 is 10.7 Å². The summed E-state index contributed by atoms with van der Waals surface area (Å²) in [5.41, 5.74) is 5.05. The van der Waals surface area contributed by atoms with Crippen molar-refractivity contribution in [1.29, 1.82) is 10.5 Å². The monoisotopic (exact) mass is 332 g/mol. The molecule has 0 radical (unpaired) electrons. The van der Waals surface area contributed by atoms with Crippen LogP contribution < -0.4 is 11.3 Å². The third-order valence-corrected chi connectivity index (χ3v) is 3.32. The van der Waals surface area contributed by atoms with Crippen LogP contribution >= 0.6 is 15.9 Å². The molecule has 0 aliphatic rings. The summed E-state index contributed by atoms with van der Waals surface area (Å²) in [6.07, 6.45) is 0. The van der Waals surface area contributed by atoms with E-state index in [1.165, 1.54) is 18.2 Å². The minimum atomic E-state index is -0.699. The molecular formula is C13H6BrFN4O. The molecule has 0 atom stereocenters. The van der Waals surface area contributed by atoms with Gasteiger partial charge in [-0.05, 0) is 17.7 Å². The Morgan fingerprint density at radius 3 is 2.45 bits per heavy atom. The molecule has 98 valence electrons. The molecule has 0 aliphatic heterocycles. The smallest absolute Gasteiger partial charge is 0.268 e. The summed E-state index contributed by atoms with van der Waals surface area (Å²) in [6, 6.07) is 7.30. The van der Waals surface area contributed by atoms with Gasteiger partial charge in [0.05, 0.1) is 0 Å². The molecule has 0 saturated carbocycles. The van der Waals surface area contributed by atoms with Crippen LogP contribution in [0.15, 0.2) is 27.5 Å². The molecule has 1 aromatic carbocycles. The van der Waals surface area contributed by atoms with E-state index in [0.717, 1.165) is 0 Å². The number of rotatable bonds is 1. The zero-order chi connectivity index (χ0) is 14.9. The quantitative estimate of drug-likeness (QED) is 0.835. The number of H-pyrrole nitrogens is 1. The molecule has 0 aliphatic carbocycles. The number of hydrogen-bond acceptors (Lipinski definition) is 4. The van der Waals surface area contributed by atoms with E-state index in [2.05, 4.69) is 20.9 Å². The van der Waals surface area contributed by atoms with Gasteiger partial charge in [-0.2, -0.15) is 10.5 Å². The van der Waals surface area contributed by atoms with Crippen LogP contribution in [-0.2, 0) is 0 Å². The molecule has 3 N–H and O–H groups in total. The number of pyridine rings is 1. The summed E-state index contributed by atoms with van der Waals surface area (Å²) in [4.78, 5) is 14.0. The Bertz CT molecular complexity index is 845. The molecule has 2 rings (SSSR count). The third kappa shape index (κ3) is 2.15. The summed E-state index contributed by atoms with van der Waals surface area (Å²) in [7, 11) is 0. The van der Waals surface area contributed by atoms with Gasteiger partial charge in [0.25, 0.3) is 5.56 Å². The van der Waals surface area contributed by atoms with Gasteiger partial charge in [-0.3, -0.25) is 4.79 Å². The zero-order valence-electron chi connectivity index (χ0n) is 9.87. The Morgan fingerprint density at radius 1 is 1.25 bits per heavy atom. The summed E-state index contributed by atoms with van der Waals surface area (Å²) in [6.45, 7) is 0. The van der Waals surface area contributed by atoms with Crippen LogP contribution in [-0.4, -0.2) is 4.98 Å². The van der Waals surface area contributed by atoms with Crippen LogP contribution in [0.25, 0.3) is 11.1 Å². The fourth-order valence-electron chi connectivity index (χ4n) is 1.80. The number of aromatic nitrogens is 1. The molecule has 2 aromatic rings. The molecule has 0 fully saturated rings. The maximum Gasteiger partial charge on any atom is 0.268 e. The van der Waals surface area contributed by atoms with Crippen molar-refractivity contribution in [2.45, 2.75) is 0 Å². The number of nitrogens with one attached hydrogen (secondary N) is 1. The number of nitrogens with two attached hydrogens (primary N) is 1. The van der Waals surface area contributed by atoms with Gasteiger partial charge in [-0.15, -0.1) is 0 Å². The lowest BCUT2D eigenvalue weighted by molar-refractivity contribution is 0.627. The fourth-order valence-corrected chi connectivity index (χ4v) is 2.35. The topological polar surface area (TPSA) is 106 Å². The van der Waals surface area contributed by atoms with E-state index in [1.807, 2.05) is 6.07 Å². The average Bonchev–Trinajstić information content (AvgIpc) is 2.38. The number of hydrogen-bond donors (Lipinski definition) is 2. The lowest BCUT2D eigenvalue weighted by atomic mass is 9.97. The van der Waals surface area contributed by atoms with E-state index in [4.69, 9.17) is 16.3 Å². The Hall–Kier alpha value is -2.64. The van der Waals surface area contributed by atoms with E-state index in [9.17, 15) is 9.18 Å². The fraction of sp³-hybridized carbons (Fsp3) is 0. The second-order valence-corrected chi connectivity index (χ2v) is 4.69. The summed E-state index contributed by atoms with van der Waals surface area (Å²) in [5, 5.41) is 18.3. The second-order valence-electron chi connectivity index (χ2n) is 3.84. The predicted molar refractivity (Wildman–Crippen MR) is 74.0 cm³/mol. The molecule has 0 bridgehead atoms. The van der Waals surface area contributed by atoms with Gasteiger partial charge in [0.15, 0.2) is 0 Å². The number of anilines is 1. The molecule has 5 nitrogen and oxygen atoms in total. The maximum absolute atomic E-state index is 13.1. The van der Waals surface area contributed by atoms with Crippen molar-refractivity contribution in [1.82, 2.24) is 4.98 Å². The van der Waals surface area contributed by atoms with Gasteiger partial charge in [-0.1, -0.05) is 22.0 Å². The minimum absolute atomic E-state index is 0.0338. The Balaban J connectivity index is 2.97. The van der Waals surface area contributed by atoms with E-state index in [1.54, 1.807) is 6.07 Å². The van der Waals surface area contributed by atoms with Crippen LogP contribution in [0.4, 0.5) is 10.2 Å². The van der Waals surface area contributed by atoms with Crippen molar-refractivity contribution in [2.75, 3.05) is 5.73 Å². The average molecular weight is 333 g/mol. The Morgan fingerprint density at radius 2 is 1.90 bits per heavy atom. The highest BCUT2D eigenvalue weighted by Gasteiger charge is 2.19. The lowest BCUT2D eigenvalue weighted by Crippen LogP contribution is -2.16. The van der Waals surface area contributed by atoms with Crippen LogP contribution in [0.1, 0.15) is 11.1 Å². The third-order valence-electron chi connectivity index (χ3n) is 2.67. The SMILES string of the molecule is N#Cc1c(N)[nH]c(=O)c(C#N)c1-c1ccc(F)cc1Br. The molecule has 7 heteroatoms. The van der Waals surface area contributed by atoms with Crippen molar-refractivity contribution in [3.05, 3.63) is 50.0 Å². The first-order valence-electron chi connectivity index (χ1n) is 5.31. The molecule has 0 unspecified atom stereocenters. The summed E-state index contributed by atoms with van der Waals surface area (Å²) < 4.78 is 13.4. The number of nitriles is 2. The van der Waals surface area contributed by atoms with E-state index < -0.39 is 11.4 Å². The summed E-state index contributed by atoms with van der Waals surface area (Å²) >= 11 is 3.15. The molecule has 0 amide bonds. The molecule has 0 spiro atoms. The minimum Gasteiger partial charge on any atom is -0.384 e. The van der Waals surface area contributed by atoms with Crippen molar-refractivity contribution < 1.29 is 4.39 Å². The normalized spacial score (nSPS) is 9.80. The van der Waals surface area contributed by atoms with Gasteiger partial charge in [0.1, 0.15) is 34.9 Å². The molecule has 0 saturated heterocycles. The van der Waals surface area contributed by atoms with Crippen molar-refractivity contribution in [3.63, 3.8) is 0 Å². The van der Waals surface area contributed by atoms with Crippen molar-refractivity contribution >= 4 is 21.7 Å². The van der Waals surface area contributed by atoms with Crippen molar-refractivity contribution in [2.24, 2.45) is 0 Å². The Kier molecular flexibility index (Phi) is 3.55. The first kappa shape index (κ1) is 13.8. The van der Waals surface area contributed by atoms with Crippen LogP contribution in [0.2, 0.25) is 0 Å². The molecule has 1 aromatic heterocycles. The summed E-state index contributed by atoms with van der Waals surface area (Å²) in [5.74, 6) is -0.627. The number of nitrogens with zero attached hydrogens (tertiary/aromatic N) is 2. The van der Waals surface area contributed by atoms with Crippen LogP contribution in [0, 0.1) is 28.5 Å². The molecule has 20 heavy (non-hydrogen) atoms. The molecular weight excluding hydrogens is 327 g/mol. The zero-order valence-corrected chi connectivity index (χ0v) is 11.5. The number of benzene rings is 1. The first-order chi connectivity index (χ1) is 9.49. The van der Waals surface area contributed by atoms with Gasteiger partial charge in [0, 0.05) is 10.0 Å². The van der Waals surface area contributed by atoms with Gasteiger partial charge in [-0.25, -0.2) is 4.39 Å². The first-order valence-corrected chi connectivity index (χ1v) is 6.10. The van der Waals surface area contributed by atoms with E-state index >= 15 is 0 Å². The lowest BCUT2D eigenvalue weighted by Gasteiger charge is -2.10. The standard InChI is InChI=1S/C13H6BrFN4O/c14-10-3-6(15)1-2-7(10)11-8(4-16)12(18)19-13(20)9(11)5-17/h1-3H,(H3,18,19,20). The van der Waals surface area contributed by atoms with Crippen molar-refractivity contribution in [3.8, 4) is 23.3 Å². The highest BCUT2D eigenvalue weighted by atomic mass is 79.9. The number of halogens is 2. The number of nitrogen functional groups attached to an aromatic ring is 1. The van der Waals surface area contributed by atoms with E-state index in [-0.39, 0.29) is 22.5 Å². The molecule has 1 heterocycles. The van der Waals surface area contributed by atoms with Gasteiger partial charge >= 0.3 is 0 Å². The largest absolute Gasteiger partial charge is 0.384 e. The number of aromatic amines is 1. The maximum atomic E-state index is 13.1. The van der Waals surface area contributed by atoms with Crippen LogP contribution in [0.3, 0.4) is 0 Å². The van der Waals surface area contributed by atoms with E-state index in [0.29, 0.717) is 10.0 Å². The second kappa shape index (κ2) is 5.16. The van der Waals surface area contributed by atoms with Gasteiger partial charge in [0.2, 0.25) is 0 Å². The highest BCUT2D eigenvalue weighted by Crippen LogP contribution is 2.33. The predicted octanol–water partition coefficient (Wildman–Crippen LogP) is 2.27. The highest BCUT2D eigenvalue weighted by molar-refractivity contribution is 9.10. The Labute approximate surface area is 121 Å². The van der Waals surface area contributed by atoms with Crippen LogP contribution in [0.5, 0.6) is 0 Å².